The standard InChI is InChI=1S/C11H15ClN2O2S/c12-11-4-2-10(3-5-11)6-9-17(15,16)14-8-1-7-13/h2-6,9,14H,1,7-8,13H2/b9-6+. The molecule has 1 aromatic carbocycles. The van der Waals surface area contributed by atoms with E-state index in [2.05, 4.69) is 4.72 Å². The van der Waals surface area contributed by atoms with Crippen LogP contribution in [0.5, 0.6) is 0 Å². The maximum Gasteiger partial charge on any atom is 0.233 e. The van der Waals surface area contributed by atoms with Crippen LogP contribution in [0.4, 0.5) is 0 Å². The molecule has 0 aliphatic rings. The number of sulfonamides is 1. The first-order valence-electron chi connectivity index (χ1n) is 5.17. The van der Waals surface area contributed by atoms with Crippen LogP contribution in [0.25, 0.3) is 6.08 Å². The van der Waals surface area contributed by atoms with Gasteiger partial charge in [0.2, 0.25) is 10.0 Å². The molecule has 94 valence electrons. The summed E-state index contributed by atoms with van der Waals surface area (Å²) >= 11 is 5.72. The number of hydrogen-bond donors (Lipinski definition) is 2. The van der Waals surface area contributed by atoms with E-state index in [4.69, 9.17) is 17.3 Å². The lowest BCUT2D eigenvalue weighted by Crippen LogP contribution is -2.24. The van der Waals surface area contributed by atoms with E-state index in [0.717, 1.165) is 11.0 Å². The zero-order valence-electron chi connectivity index (χ0n) is 9.27. The van der Waals surface area contributed by atoms with Crippen LogP contribution < -0.4 is 10.5 Å². The monoisotopic (exact) mass is 274 g/mol. The highest BCUT2D eigenvalue weighted by Crippen LogP contribution is 2.10. The second kappa shape index (κ2) is 6.76. The number of rotatable bonds is 6. The van der Waals surface area contributed by atoms with Gasteiger partial charge < -0.3 is 5.73 Å². The minimum atomic E-state index is -3.38. The summed E-state index contributed by atoms with van der Waals surface area (Å²) < 4.78 is 25.4. The summed E-state index contributed by atoms with van der Waals surface area (Å²) in [5.41, 5.74) is 6.05. The van der Waals surface area contributed by atoms with Gasteiger partial charge in [0.1, 0.15) is 0 Å². The number of nitrogens with one attached hydrogen (secondary N) is 1. The van der Waals surface area contributed by atoms with Crippen LogP contribution in [0.3, 0.4) is 0 Å². The third-order valence-electron chi connectivity index (χ3n) is 1.99. The van der Waals surface area contributed by atoms with Gasteiger partial charge in [-0.15, -0.1) is 0 Å². The van der Waals surface area contributed by atoms with Crippen LogP contribution in [0.1, 0.15) is 12.0 Å². The molecule has 0 amide bonds. The first-order chi connectivity index (χ1) is 8.03. The number of halogens is 1. The summed E-state index contributed by atoms with van der Waals surface area (Å²) in [5.74, 6) is 0. The van der Waals surface area contributed by atoms with Crippen molar-refractivity contribution in [3.63, 3.8) is 0 Å². The molecule has 0 saturated heterocycles. The average Bonchev–Trinajstić information content (AvgIpc) is 2.29. The molecule has 4 nitrogen and oxygen atoms in total. The van der Waals surface area contributed by atoms with Gasteiger partial charge in [-0.3, -0.25) is 0 Å². The Labute approximate surface area is 107 Å². The van der Waals surface area contributed by atoms with Gasteiger partial charge in [0.25, 0.3) is 0 Å². The molecule has 0 unspecified atom stereocenters. The second-order valence-electron chi connectivity index (χ2n) is 3.44. The molecule has 0 aromatic heterocycles. The average molecular weight is 275 g/mol. The molecule has 6 heteroatoms. The van der Waals surface area contributed by atoms with Crippen molar-refractivity contribution < 1.29 is 8.42 Å². The van der Waals surface area contributed by atoms with Crippen LogP contribution in [-0.2, 0) is 10.0 Å². The highest BCUT2D eigenvalue weighted by Gasteiger charge is 2.02. The molecule has 0 saturated carbocycles. The molecule has 0 aliphatic heterocycles. The Morgan fingerprint density at radius 1 is 1.29 bits per heavy atom. The summed E-state index contributed by atoms with van der Waals surface area (Å²) in [7, 11) is -3.38. The quantitative estimate of drug-likeness (QED) is 0.774. The Balaban J connectivity index is 2.60. The van der Waals surface area contributed by atoms with Gasteiger partial charge in [0.15, 0.2) is 0 Å². The number of benzene rings is 1. The Morgan fingerprint density at radius 3 is 2.53 bits per heavy atom. The Kier molecular flexibility index (Phi) is 5.64. The van der Waals surface area contributed by atoms with Crippen molar-refractivity contribution in [2.24, 2.45) is 5.73 Å². The Hall–Kier alpha value is -0.880. The normalized spacial score (nSPS) is 12.1. The van der Waals surface area contributed by atoms with Crippen LogP contribution in [0, 0.1) is 0 Å². The first-order valence-corrected chi connectivity index (χ1v) is 7.09. The van der Waals surface area contributed by atoms with Crippen LogP contribution in [0.2, 0.25) is 5.02 Å². The fourth-order valence-corrected chi connectivity index (χ4v) is 2.09. The van der Waals surface area contributed by atoms with Crippen LogP contribution in [0.15, 0.2) is 29.7 Å². The van der Waals surface area contributed by atoms with Crippen LogP contribution >= 0.6 is 11.6 Å². The molecule has 17 heavy (non-hydrogen) atoms. The largest absolute Gasteiger partial charge is 0.330 e. The molecule has 0 fully saturated rings. The van der Waals surface area contributed by atoms with Gasteiger partial charge in [-0.05, 0) is 36.7 Å². The molecule has 0 atom stereocenters. The highest BCUT2D eigenvalue weighted by atomic mass is 35.5. The van der Waals surface area contributed by atoms with Crippen molar-refractivity contribution in [3.05, 3.63) is 40.3 Å². The summed E-state index contributed by atoms with van der Waals surface area (Å²) in [4.78, 5) is 0. The maximum absolute atomic E-state index is 11.5. The lowest BCUT2D eigenvalue weighted by atomic mass is 10.2. The molecule has 0 bridgehead atoms. The fraction of sp³-hybridized carbons (Fsp3) is 0.273. The minimum Gasteiger partial charge on any atom is -0.330 e. The zero-order valence-corrected chi connectivity index (χ0v) is 10.8. The summed E-state index contributed by atoms with van der Waals surface area (Å²) in [6.45, 7) is 0.813. The van der Waals surface area contributed by atoms with E-state index >= 15 is 0 Å². The molecule has 0 spiro atoms. The van der Waals surface area contributed by atoms with Crippen molar-refractivity contribution in [2.45, 2.75) is 6.42 Å². The predicted molar refractivity (Wildman–Crippen MR) is 71.1 cm³/mol. The third kappa shape index (κ3) is 5.83. The molecule has 0 radical (unpaired) electrons. The van der Waals surface area contributed by atoms with Gasteiger partial charge in [0.05, 0.1) is 0 Å². The summed E-state index contributed by atoms with van der Waals surface area (Å²) in [6.07, 6.45) is 2.13. The lowest BCUT2D eigenvalue weighted by molar-refractivity contribution is 0.589. The predicted octanol–water partition coefficient (Wildman–Crippen LogP) is 1.58. The van der Waals surface area contributed by atoms with E-state index in [1.54, 1.807) is 24.3 Å². The molecular formula is C11H15ClN2O2S. The molecule has 0 aliphatic carbocycles. The van der Waals surface area contributed by atoms with Crippen molar-refractivity contribution >= 4 is 27.7 Å². The van der Waals surface area contributed by atoms with Gasteiger partial charge in [-0.1, -0.05) is 23.7 Å². The fourth-order valence-electron chi connectivity index (χ4n) is 1.11. The SMILES string of the molecule is NCCCNS(=O)(=O)/C=C/c1ccc(Cl)cc1. The van der Waals surface area contributed by atoms with E-state index in [1.807, 2.05) is 0 Å². The van der Waals surface area contributed by atoms with E-state index in [-0.39, 0.29) is 0 Å². The Morgan fingerprint density at radius 2 is 1.94 bits per heavy atom. The Bertz CT molecular complexity index is 469. The number of hydrogen-bond acceptors (Lipinski definition) is 3. The third-order valence-corrected chi connectivity index (χ3v) is 3.35. The molecule has 1 rings (SSSR count). The lowest BCUT2D eigenvalue weighted by Gasteiger charge is -2.00. The van der Waals surface area contributed by atoms with E-state index in [0.29, 0.717) is 24.5 Å². The summed E-state index contributed by atoms with van der Waals surface area (Å²) in [6, 6.07) is 6.90. The zero-order chi connectivity index (χ0) is 12.7. The first kappa shape index (κ1) is 14.2. The topological polar surface area (TPSA) is 72.2 Å². The van der Waals surface area contributed by atoms with Gasteiger partial charge in [-0.25, -0.2) is 13.1 Å². The van der Waals surface area contributed by atoms with Crippen molar-refractivity contribution in [1.29, 1.82) is 0 Å². The second-order valence-corrected chi connectivity index (χ2v) is 5.52. The molecule has 0 heterocycles. The van der Waals surface area contributed by atoms with E-state index in [1.165, 1.54) is 6.08 Å². The van der Waals surface area contributed by atoms with Crippen molar-refractivity contribution in [1.82, 2.24) is 4.72 Å². The number of nitrogens with two attached hydrogens (primary N) is 1. The molecule has 1 aromatic rings. The van der Waals surface area contributed by atoms with Crippen molar-refractivity contribution in [3.8, 4) is 0 Å². The van der Waals surface area contributed by atoms with Gasteiger partial charge in [-0.2, -0.15) is 0 Å². The minimum absolute atomic E-state index is 0.351. The van der Waals surface area contributed by atoms with Gasteiger partial charge >= 0.3 is 0 Å². The van der Waals surface area contributed by atoms with E-state index in [9.17, 15) is 8.42 Å². The molecular weight excluding hydrogens is 260 g/mol. The van der Waals surface area contributed by atoms with E-state index < -0.39 is 10.0 Å². The summed E-state index contributed by atoms with van der Waals surface area (Å²) in [5, 5.41) is 1.75. The van der Waals surface area contributed by atoms with Crippen LogP contribution in [-0.4, -0.2) is 21.5 Å². The highest BCUT2D eigenvalue weighted by molar-refractivity contribution is 7.92. The molecule has 3 N–H and O–H groups in total. The smallest absolute Gasteiger partial charge is 0.233 e. The maximum atomic E-state index is 11.5. The van der Waals surface area contributed by atoms with Gasteiger partial charge in [0, 0.05) is 17.0 Å². The van der Waals surface area contributed by atoms with Crippen molar-refractivity contribution in [2.75, 3.05) is 13.1 Å².